The predicted molar refractivity (Wildman–Crippen MR) is 57.4 cm³/mol. The standard InChI is InChI=1S/C9H14N2O4S/c1-6-4-8(15-11-6)5-16(13,14)7(2)9(12)10-3/h4,7H,5H2,1-3H3,(H,10,12)/t7-/m0/s1. The molecule has 1 atom stereocenters. The summed E-state index contributed by atoms with van der Waals surface area (Å²) in [5.41, 5.74) is 0.609. The van der Waals surface area contributed by atoms with Gasteiger partial charge in [-0.15, -0.1) is 0 Å². The lowest BCUT2D eigenvalue weighted by Crippen LogP contribution is -2.36. The largest absolute Gasteiger partial charge is 0.360 e. The summed E-state index contributed by atoms with van der Waals surface area (Å²) < 4.78 is 28.3. The summed E-state index contributed by atoms with van der Waals surface area (Å²) >= 11 is 0. The van der Waals surface area contributed by atoms with Gasteiger partial charge in [-0.2, -0.15) is 0 Å². The quantitative estimate of drug-likeness (QED) is 0.809. The number of carbonyl (C=O) groups is 1. The van der Waals surface area contributed by atoms with Crippen molar-refractivity contribution < 1.29 is 17.7 Å². The molecule has 0 spiro atoms. The van der Waals surface area contributed by atoms with Crippen LogP contribution in [-0.2, 0) is 20.4 Å². The van der Waals surface area contributed by atoms with Crippen molar-refractivity contribution in [3.63, 3.8) is 0 Å². The van der Waals surface area contributed by atoms with Crippen LogP contribution in [0.1, 0.15) is 18.4 Å². The third kappa shape index (κ3) is 2.82. The molecule has 0 fully saturated rings. The van der Waals surface area contributed by atoms with Crippen molar-refractivity contribution in [2.75, 3.05) is 7.05 Å². The highest BCUT2D eigenvalue weighted by molar-refractivity contribution is 7.92. The molecule has 1 heterocycles. The zero-order valence-corrected chi connectivity index (χ0v) is 10.2. The monoisotopic (exact) mass is 246 g/mol. The first-order chi connectivity index (χ1) is 7.36. The van der Waals surface area contributed by atoms with E-state index in [-0.39, 0.29) is 11.5 Å². The SMILES string of the molecule is CNC(=O)[C@H](C)S(=O)(=O)Cc1cc(C)no1. The Labute approximate surface area is 93.9 Å². The fourth-order valence-electron chi connectivity index (χ4n) is 1.17. The van der Waals surface area contributed by atoms with Crippen LogP contribution in [0.15, 0.2) is 10.6 Å². The van der Waals surface area contributed by atoms with Crippen LogP contribution in [0.25, 0.3) is 0 Å². The van der Waals surface area contributed by atoms with Gasteiger partial charge in [-0.05, 0) is 13.8 Å². The fourth-order valence-corrected chi connectivity index (χ4v) is 2.40. The molecule has 6 nitrogen and oxygen atoms in total. The maximum Gasteiger partial charge on any atom is 0.237 e. The summed E-state index contributed by atoms with van der Waals surface area (Å²) in [4.78, 5) is 11.2. The highest BCUT2D eigenvalue weighted by Gasteiger charge is 2.28. The zero-order chi connectivity index (χ0) is 12.3. The highest BCUT2D eigenvalue weighted by Crippen LogP contribution is 2.12. The van der Waals surface area contributed by atoms with Crippen molar-refractivity contribution in [2.24, 2.45) is 0 Å². The van der Waals surface area contributed by atoms with Crippen LogP contribution in [0.5, 0.6) is 0 Å². The second-order valence-electron chi connectivity index (χ2n) is 3.50. The first kappa shape index (κ1) is 12.7. The average Bonchev–Trinajstić information content (AvgIpc) is 2.60. The summed E-state index contributed by atoms with van der Waals surface area (Å²) in [7, 11) is -2.16. The van der Waals surface area contributed by atoms with Gasteiger partial charge < -0.3 is 9.84 Å². The minimum atomic E-state index is -3.56. The van der Waals surface area contributed by atoms with Crippen molar-refractivity contribution in [3.05, 3.63) is 17.5 Å². The van der Waals surface area contributed by atoms with Gasteiger partial charge in [-0.1, -0.05) is 5.16 Å². The summed E-state index contributed by atoms with van der Waals surface area (Å²) in [6, 6.07) is 1.54. The average molecular weight is 246 g/mol. The maximum absolute atomic E-state index is 11.8. The van der Waals surface area contributed by atoms with Gasteiger partial charge in [0, 0.05) is 13.1 Å². The van der Waals surface area contributed by atoms with Gasteiger partial charge >= 0.3 is 0 Å². The van der Waals surface area contributed by atoms with Crippen LogP contribution >= 0.6 is 0 Å². The number of hydrogen-bond donors (Lipinski definition) is 1. The Kier molecular flexibility index (Phi) is 3.69. The molecule has 90 valence electrons. The van der Waals surface area contributed by atoms with Gasteiger partial charge in [-0.25, -0.2) is 8.42 Å². The van der Waals surface area contributed by atoms with Crippen molar-refractivity contribution in [2.45, 2.75) is 24.9 Å². The molecule has 1 aromatic heterocycles. The molecule has 0 saturated heterocycles. The van der Waals surface area contributed by atoms with Crippen LogP contribution < -0.4 is 5.32 Å². The first-order valence-corrected chi connectivity index (χ1v) is 6.43. The lowest BCUT2D eigenvalue weighted by atomic mass is 10.4. The third-order valence-electron chi connectivity index (χ3n) is 2.17. The minimum absolute atomic E-state index is 0.244. The number of carbonyl (C=O) groups excluding carboxylic acids is 1. The molecular weight excluding hydrogens is 232 g/mol. The Morgan fingerprint density at radius 2 is 2.25 bits per heavy atom. The highest BCUT2D eigenvalue weighted by atomic mass is 32.2. The van der Waals surface area contributed by atoms with Crippen molar-refractivity contribution in [1.29, 1.82) is 0 Å². The molecule has 0 saturated carbocycles. The molecule has 1 rings (SSSR count). The molecule has 0 aliphatic carbocycles. The van der Waals surface area contributed by atoms with Crippen LogP contribution in [0.2, 0.25) is 0 Å². The van der Waals surface area contributed by atoms with Crippen molar-refractivity contribution >= 4 is 15.7 Å². The number of sulfone groups is 1. The topological polar surface area (TPSA) is 89.3 Å². The van der Waals surface area contributed by atoms with E-state index in [1.165, 1.54) is 20.0 Å². The lowest BCUT2D eigenvalue weighted by Gasteiger charge is -2.09. The number of nitrogens with one attached hydrogen (secondary N) is 1. The van der Waals surface area contributed by atoms with Crippen molar-refractivity contribution in [1.82, 2.24) is 10.5 Å². The molecular formula is C9H14N2O4S. The van der Waals surface area contributed by atoms with E-state index in [0.29, 0.717) is 5.69 Å². The molecule has 0 unspecified atom stereocenters. The lowest BCUT2D eigenvalue weighted by molar-refractivity contribution is -0.119. The van der Waals surface area contributed by atoms with Gasteiger partial charge in [0.25, 0.3) is 0 Å². The van der Waals surface area contributed by atoms with E-state index in [1.807, 2.05) is 0 Å². The van der Waals surface area contributed by atoms with E-state index in [9.17, 15) is 13.2 Å². The van der Waals surface area contributed by atoms with Crippen LogP contribution in [0.3, 0.4) is 0 Å². The van der Waals surface area contributed by atoms with Gasteiger partial charge in [0.2, 0.25) is 5.91 Å². The molecule has 7 heteroatoms. The van der Waals surface area contributed by atoms with E-state index in [1.54, 1.807) is 6.92 Å². The predicted octanol–water partition coefficient (Wildman–Crippen LogP) is 0.0323. The van der Waals surface area contributed by atoms with Crippen LogP contribution in [0.4, 0.5) is 0 Å². The second kappa shape index (κ2) is 4.65. The summed E-state index contributed by atoms with van der Waals surface area (Å²) in [5, 5.41) is 4.79. The van der Waals surface area contributed by atoms with E-state index < -0.39 is 21.0 Å². The molecule has 1 amide bonds. The third-order valence-corrected chi connectivity index (χ3v) is 4.15. The molecule has 1 aromatic rings. The molecule has 16 heavy (non-hydrogen) atoms. The van der Waals surface area contributed by atoms with E-state index >= 15 is 0 Å². The first-order valence-electron chi connectivity index (χ1n) is 4.72. The second-order valence-corrected chi connectivity index (χ2v) is 5.82. The van der Waals surface area contributed by atoms with Crippen LogP contribution in [0, 0.1) is 6.92 Å². The number of rotatable bonds is 4. The normalized spacial score (nSPS) is 13.4. The smallest absolute Gasteiger partial charge is 0.237 e. The minimum Gasteiger partial charge on any atom is -0.360 e. The van der Waals surface area contributed by atoms with E-state index in [2.05, 4.69) is 10.5 Å². The number of hydrogen-bond acceptors (Lipinski definition) is 5. The molecule has 1 N–H and O–H groups in total. The van der Waals surface area contributed by atoms with Crippen LogP contribution in [-0.4, -0.2) is 31.8 Å². The van der Waals surface area contributed by atoms with Gasteiger partial charge in [0.05, 0.1) is 5.69 Å². The Bertz CT molecular complexity index is 477. The number of amides is 1. The molecule has 0 aliphatic rings. The van der Waals surface area contributed by atoms with Gasteiger partial charge in [0.1, 0.15) is 11.0 Å². The van der Waals surface area contributed by atoms with Gasteiger partial charge in [0.15, 0.2) is 15.6 Å². The Balaban J connectivity index is 2.83. The molecule has 0 bridgehead atoms. The Morgan fingerprint density at radius 1 is 1.62 bits per heavy atom. The summed E-state index contributed by atoms with van der Waals surface area (Å²) in [5.74, 6) is -0.605. The number of aryl methyl sites for hydroxylation is 1. The van der Waals surface area contributed by atoms with Crippen molar-refractivity contribution in [3.8, 4) is 0 Å². The molecule has 0 radical (unpaired) electrons. The zero-order valence-electron chi connectivity index (χ0n) is 9.35. The number of aromatic nitrogens is 1. The summed E-state index contributed by atoms with van der Waals surface area (Å²) in [6.45, 7) is 3.04. The fraction of sp³-hybridized carbons (Fsp3) is 0.556. The molecule has 0 aromatic carbocycles. The number of nitrogens with zero attached hydrogens (tertiary/aromatic N) is 1. The molecule has 0 aliphatic heterocycles. The van der Waals surface area contributed by atoms with Gasteiger partial charge in [-0.3, -0.25) is 4.79 Å². The van der Waals surface area contributed by atoms with E-state index in [4.69, 9.17) is 4.52 Å². The summed E-state index contributed by atoms with van der Waals surface area (Å²) in [6.07, 6.45) is 0. The Morgan fingerprint density at radius 3 is 2.69 bits per heavy atom. The van der Waals surface area contributed by atoms with E-state index in [0.717, 1.165) is 0 Å². The maximum atomic E-state index is 11.8. The Hall–Kier alpha value is -1.37.